The molecule has 0 spiro atoms. The second-order valence-corrected chi connectivity index (χ2v) is 15.3. The Morgan fingerprint density at radius 2 is 1.81 bits per heavy atom. The fourth-order valence-electron chi connectivity index (χ4n) is 6.64. The van der Waals surface area contributed by atoms with Gasteiger partial charge in [-0.1, -0.05) is 26.8 Å². The molecule has 4 rings (SSSR count). The SMILES string of the molecule is CC(C)N(C(=O)CCCC1CC[C@@H]2CN(c3nc(C(C)(C)C)ccc3C(=O)NSc3cccc(n3)N1)C(C)(C)C2)C(C)C. The van der Waals surface area contributed by atoms with Gasteiger partial charge in [-0.05, 0) is 104 Å². The lowest BCUT2D eigenvalue weighted by Gasteiger charge is -2.34. The van der Waals surface area contributed by atoms with E-state index in [1.54, 1.807) is 0 Å². The van der Waals surface area contributed by atoms with Gasteiger partial charge in [0.05, 0.1) is 5.56 Å². The average Bonchev–Trinajstić information content (AvgIpc) is 3.22. The van der Waals surface area contributed by atoms with Crippen molar-refractivity contribution in [1.82, 2.24) is 19.6 Å². The minimum absolute atomic E-state index is 0.132. The molecule has 2 atom stereocenters. The normalized spacial score (nSPS) is 20.6. The molecule has 8 nitrogen and oxygen atoms in total. The highest BCUT2D eigenvalue weighted by molar-refractivity contribution is 7.97. The topological polar surface area (TPSA) is 90.5 Å². The van der Waals surface area contributed by atoms with Crippen LogP contribution in [0.2, 0.25) is 0 Å². The Kier molecular flexibility index (Phi) is 10.4. The molecule has 9 heteroatoms. The van der Waals surface area contributed by atoms with E-state index in [1.165, 1.54) is 11.9 Å². The van der Waals surface area contributed by atoms with Crippen molar-refractivity contribution in [3.63, 3.8) is 0 Å². The molecule has 1 fully saturated rings. The summed E-state index contributed by atoms with van der Waals surface area (Å²) in [5.74, 6) is 2.09. The molecule has 4 heterocycles. The molecule has 2 aromatic heterocycles. The van der Waals surface area contributed by atoms with Gasteiger partial charge in [0.15, 0.2) is 0 Å². The third-order valence-electron chi connectivity index (χ3n) is 8.69. The fourth-order valence-corrected chi connectivity index (χ4v) is 7.24. The van der Waals surface area contributed by atoms with Crippen LogP contribution in [0, 0.1) is 5.92 Å². The fraction of sp³-hybridized carbons (Fsp3) is 0.647. The molecule has 4 bridgehead atoms. The Morgan fingerprint density at radius 1 is 1.09 bits per heavy atom. The molecule has 0 saturated carbocycles. The Labute approximate surface area is 263 Å². The first-order valence-electron chi connectivity index (χ1n) is 16.0. The first-order chi connectivity index (χ1) is 20.2. The molecule has 0 aliphatic carbocycles. The summed E-state index contributed by atoms with van der Waals surface area (Å²) in [6.07, 6.45) is 5.33. The maximum atomic E-state index is 13.6. The van der Waals surface area contributed by atoms with Crippen LogP contribution in [0.4, 0.5) is 11.6 Å². The Morgan fingerprint density at radius 3 is 2.49 bits per heavy atom. The first-order valence-corrected chi connectivity index (χ1v) is 16.8. The predicted molar refractivity (Wildman–Crippen MR) is 178 cm³/mol. The van der Waals surface area contributed by atoms with E-state index in [-0.39, 0.29) is 40.9 Å². The maximum absolute atomic E-state index is 13.6. The van der Waals surface area contributed by atoms with Gasteiger partial charge in [-0.25, -0.2) is 9.97 Å². The molecule has 2 aliphatic rings. The van der Waals surface area contributed by atoms with Crippen LogP contribution in [0.25, 0.3) is 0 Å². The lowest BCUT2D eigenvalue weighted by molar-refractivity contribution is -0.134. The van der Waals surface area contributed by atoms with Crippen molar-refractivity contribution in [2.24, 2.45) is 5.92 Å². The predicted octanol–water partition coefficient (Wildman–Crippen LogP) is 7.21. The Balaban J connectivity index is 1.60. The highest BCUT2D eigenvalue weighted by atomic mass is 32.2. The van der Waals surface area contributed by atoms with Crippen LogP contribution in [0.1, 0.15) is 117 Å². The van der Waals surface area contributed by atoms with Gasteiger partial charge in [-0.3, -0.25) is 14.3 Å². The molecule has 2 N–H and O–H groups in total. The van der Waals surface area contributed by atoms with Gasteiger partial charge >= 0.3 is 0 Å². The number of hydrogen-bond acceptors (Lipinski definition) is 7. The highest BCUT2D eigenvalue weighted by Crippen LogP contribution is 2.40. The van der Waals surface area contributed by atoms with E-state index in [4.69, 9.17) is 9.97 Å². The van der Waals surface area contributed by atoms with E-state index in [9.17, 15) is 9.59 Å². The second-order valence-electron chi connectivity index (χ2n) is 14.5. The summed E-state index contributed by atoms with van der Waals surface area (Å²) in [5.41, 5.74) is 1.31. The number of hydrogen-bond donors (Lipinski definition) is 2. The number of nitrogens with one attached hydrogen (secondary N) is 2. The zero-order valence-electron chi connectivity index (χ0n) is 27.7. The number of carbonyl (C=O) groups excluding carboxylic acids is 2. The number of pyridine rings is 2. The van der Waals surface area contributed by atoms with Gasteiger partial charge in [-0.2, -0.15) is 0 Å². The molecule has 1 saturated heterocycles. The zero-order valence-corrected chi connectivity index (χ0v) is 28.5. The van der Waals surface area contributed by atoms with Gasteiger partial charge in [0, 0.05) is 59.7 Å². The van der Waals surface area contributed by atoms with Crippen molar-refractivity contribution >= 4 is 35.4 Å². The molecule has 1 unspecified atom stereocenters. The summed E-state index contributed by atoms with van der Waals surface area (Å²) in [5, 5.41) is 4.40. The van der Waals surface area contributed by atoms with Gasteiger partial charge in [0.2, 0.25) is 5.91 Å². The van der Waals surface area contributed by atoms with Crippen LogP contribution in [0.3, 0.4) is 0 Å². The smallest absolute Gasteiger partial charge is 0.265 e. The van der Waals surface area contributed by atoms with Crippen LogP contribution >= 0.6 is 11.9 Å². The van der Waals surface area contributed by atoms with E-state index in [1.807, 2.05) is 35.2 Å². The van der Waals surface area contributed by atoms with Crippen molar-refractivity contribution in [3.8, 4) is 0 Å². The Hall–Kier alpha value is -2.81. The molecule has 2 amide bonds. The van der Waals surface area contributed by atoms with Crippen LogP contribution in [0.5, 0.6) is 0 Å². The Bertz CT molecular complexity index is 1280. The number of fused-ring (bicyclic) bond motifs is 6. The van der Waals surface area contributed by atoms with Crippen molar-refractivity contribution in [1.29, 1.82) is 0 Å². The van der Waals surface area contributed by atoms with E-state index in [0.29, 0.717) is 17.9 Å². The standard InChI is InChI=1S/C34H52N6O2S/c1-22(2)40(23(3)4)30(41)15-10-12-25-17-16-24-20-34(8,9)39(21-24)31-26(18-19-27(36-31)33(5,6)7)32(42)38-43-29-14-11-13-28(35-25)37-29/h11,13-14,18-19,22-25H,10,12,15-17,20-21H2,1-9H3,(H,35,37)(H,38,42)/t24-,25?/m0/s1. The number of aromatic nitrogens is 2. The van der Waals surface area contributed by atoms with Crippen LogP contribution in [0.15, 0.2) is 35.4 Å². The lowest BCUT2D eigenvalue weighted by Crippen LogP contribution is -2.42. The highest BCUT2D eigenvalue weighted by Gasteiger charge is 2.41. The summed E-state index contributed by atoms with van der Waals surface area (Å²) in [6, 6.07) is 10.4. The third kappa shape index (κ3) is 8.22. The monoisotopic (exact) mass is 608 g/mol. The minimum atomic E-state index is -0.165. The molecule has 43 heavy (non-hydrogen) atoms. The summed E-state index contributed by atoms with van der Waals surface area (Å²) < 4.78 is 3.03. The van der Waals surface area contributed by atoms with Gasteiger partial charge < -0.3 is 15.1 Å². The lowest BCUT2D eigenvalue weighted by atomic mass is 9.90. The molecular weight excluding hydrogens is 556 g/mol. The van der Waals surface area contributed by atoms with Crippen molar-refractivity contribution < 1.29 is 9.59 Å². The molecule has 236 valence electrons. The van der Waals surface area contributed by atoms with E-state index in [0.717, 1.165) is 61.0 Å². The van der Waals surface area contributed by atoms with E-state index < -0.39 is 0 Å². The molecule has 2 aliphatic heterocycles. The molecule has 0 aromatic carbocycles. The molecule has 2 aromatic rings. The summed E-state index contributed by atoms with van der Waals surface area (Å²) in [4.78, 5) is 40.9. The van der Waals surface area contributed by atoms with E-state index >= 15 is 0 Å². The van der Waals surface area contributed by atoms with Crippen molar-refractivity contribution in [2.45, 2.75) is 135 Å². The zero-order chi connectivity index (χ0) is 31.5. The minimum Gasteiger partial charge on any atom is -0.367 e. The number of carbonyl (C=O) groups is 2. The van der Waals surface area contributed by atoms with Crippen molar-refractivity contribution in [3.05, 3.63) is 41.6 Å². The van der Waals surface area contributed by atoms with Crippen LogP contribution < -0.4 is 14.9 Å². The maximum Gasteiger partial charge on any atom is 0.265 e. The van der Waals surface area contributed by atoms with E-state index in [2.05, 4.69) is 77.3 Å². The third-order valence-corrected chi connectivity index (χ3v) is 9.42. The van der Waals surface area contributed by atoms with Crippen molar-refractivity contribution in [2.75, 3.05) is 16.8 Å². The van der Waals surface area contributed by atoms with Crippen LogP contribution in [-0.2, 0) is 10.2 Å². The van der Waals surface area contributed by atoms with Gasteiger partial charge in [0.25, 0.3) is 5.91 Å². The van der Waals surface area contributed by atoms with Gasteiger partial charge in [0.1, 0.15) is 16.7 Å². The number of amides is 2. The number of anilines is 2. The quantitative estimate of drug-likeness (QED) is 0.335. The summed E-state index contributed by atoms with van der Waals surface area (Å²) in [7, 11) is 0. The van der Waals surface area contributed by atoms with Crippen LogP contribution in [-0.4, -0.2) is 56.9 Å². The summed E-state index contributed by atoms with van der Waals surface area (Å²) >= 11 is 1.23. The largest absolute Gasteiger partial charge is 0.367 e. The molecule has 0 radical (unpaired) electrons. The second kappa shape index (κ2) is 13.4. The average molecular weight is 609 g/mol. The summed E-state index contributed by atoms with van der Waals surface area (Å²) in [6.45, 7) is 20.2. The first kappa shape index (κ1) is 33.1. The molecular formula is C34H52N6O2S. The van der Waals surface area contributed by atoms with Gasteiger partial charge in [-0.15, -0.1) is 0 Å². The number of rotatable bonds is 6. The number of nitrogens with zero attached hydrogens (tertiary/aromatic N) is 4.